The zero-order valence-electron chi connectivity index (χ0n) is 17.9. The number of nitrogens with one attached hydrogen (secondary N) is 1. The predicted octanol–water partition coefficient (Wildman–Crippen LogP) is 3.88. The van der Waals surface area contributed by atoms with E-state index in [9.17, 15) is 9.59 Å². The van der Waals surface area contributed by atoms with Crippen LogP contribution in [-0.2, 0) is 22.6 Å². The lowest BCUT2D eigenvalue weighted by molar-refractivity contribution is -0.140. The molecule has 0 saturated heterocycles. The standard InChI is InChI=1S/C24H32N2O3/c1-5-16-25-24(28)19(3)26(17-21-10-13-22(29-4)14-11-21)23(27)15-12-20-8-6-18(2)7-9-20/h6-11,13-14,19H,5,12,15-17H2,1-4H3,(H,25,28)/t19-/m0/s1. The molecule has 0 radical (unpaired) electrons. The fraction of sp³-hybridized carbons (Fsp3) is 0.417. The highest BCUT2D eigenvalue weighted by Crippen LogP contribution is 2.16. The second-order valence-corrected chi connectivity index (χ2v) is 7.32. The largest absolute Gasteiger partial charge is 0.497 e. The molecule has 29 heavy (non-hydrogen) atoms. The van der Waals surface area contributed by atoms with Crippen molar-refractivity contribution in [3.8, 4) is 5.75 Å². The third-order valence-corrected chi connectivity index (χ3v) is 4.98. The number of carbonyl (C=O) groups is 2. The average Bonchev–Trinajstić information content (AvgIpc) is 2.75. The van der Waals surface area contributed by atoms with E-state index in [1.54, 1.807) is 18.9 Å². The topological polar surface area (TPSA) is 58.6 Å². The highest BCUT2D eigenvalue weighted by molar-refractivity contribution is 5.87. The Morgan fingerprint density at radius 1 is 1.03 bits per heavy atom. The zero-order chi connectivity index (χ0) is 21.2. The van der Waals surface area contributed by atoms with Crippen LogP contribution in [0.2, 0.25) is 0 Å². The summed E-state index contributed by atoms with van der Waals surface area (Å²) in [7, 11) is 1.62. The molecular weight excluding hydrogens is 364 g/mol. The van der Waals surface area contributed by atoms with E-state index < -0.39 is 6.04 Å². The van der Waals surface area contributed by atoms with Gasteiger partial charge >= 0.3 is 0 Å². The summed E-state index contributed by atoms with van der Waals surface area (Å²) >= 11 is 0. The molecule has 0 unspecified atom stereocenters. The van der Waals surface area contributed by atoms with Crippen molar-refractivity contribution in [3.05, 3.63) is 65.2 Å². The molecule has 5 nitrogen and oxygen atoms in total. The Balaban J connectivity index is 2.11. The van der Waals surface area contributed by atoms with Crippen LogP contribution in [0.1, 0.15) is 43.4 Å². The van der Waals surface area contributed by atoms with Gasteiger partial charge in [-0.15, -0.1) is 0 Å². The van der Waals surface area contributed by atoms with Gasteiger partial charge in [-0.1, -0.05) is 48.9 Å². The molecule has 0 aliphatic heterocycles. The third-order valence-electron chi connectivity index (χ3n) is 4.98. The minimum Gasteiger partial charge on any atom is -0.497 e. The lowest BCUT2D eigenvalue weighted by atomic mass is 10.1. The normalized spacial score (nSPS) is 11.6. The van der Waals surface area contributed by atoms with Gasteiger partial charge in [-0.2, -0.15) is 0 Å². The molecule has 2 amide bonds. The number of ether oxygens (including phenoxy) is 1. The Kier molecular flexibility index (Phi) is 8.71. The minimum atomic E-state index is -0.533. The monoisotopic (exact) mass is 396 g/mol. The number of hydrogen-bond acceptors (Lipinski definition) is 3. The maximum absolute atomic E-state index is 13.1. The molecular formula is C24H32N2O3. The molecule has 0 bridgehead atoms. The molecule has 0 aliphatic rings. The lowest BCUT2D eigenvalue weighted by Gasteiger charge is -2.29. The van der Waals surface area contributed by atoms with Gasteiger partial charge < -0.3 is 15.0 Å². The summed E-state index contributed by atoms with van der Waals surface area (Å²) in [5, 5.41) is 2.90. The Bertz CT molecular complexity index is 785. The zero-order valence-corrected chi connectivity index (χ0v) is 17.9. The summed E-state index contributed by atoms with van der Waals surface area (Å²) in [6.45, 7) is 6.84. The summed E-state index contributed by atoms with van der Waals surface area (Å²) in [5.41, 5.74) is 3.28. The van der Waals surface area contributed by atoms with Crippen LogP contribution >= 0.6 is 0 Å². The fourth-order valence-electron chi connectivity index (χ4n) is 3.06. The minimum absolute atomic E-state index is 0.0273. The second-order valence-electron chi connectivity index (χ2n) is 7.32. The Morgan fingerprint density at radius 2 is 1.66 bits per heavy atom. The average molecular weight is 397 g/mol. The van der Waals surface area contributed by atoms with E-state index in [-0.39, 0.29) is 11.8 Å². The molecule has 0 spiro atoms. The first-order valence-electron chi connectivity index (χ1n) is 10.2. The molecule has 1 atom stereocenters. The molecule has 2 rings (SSSR count). The van der Waals surface area contributed by atoms with Gasteiger partial charge in [-0.05, 0) is 49.9 Å². The van der Waals surface area contributed by atoms with E-state index >= 15 is 0 Å². The van der Waals surface area contributed by atoms with Crippen molar-refractivity contribution in [1.82, 2.24) is 10.2 Å². The van der Waals surface area contributed by atoms with Crippen molar-refractivity contribution < 1.29 is 14.3 Å². The van der Waals surface area contributed by atoms with Crippen LogP contribution in [0.4, 0.5) is 0 Å². The van der Waals surface area contributed by atoms with E-state index in [1.165, 1.54) is 5.56 Å². The SMILES string of the molecule is CCCNC(=O)[C@H](C)N(Cc1ccc(OC)cc1)C(=O)CCc1ccc(C)cc1. The molecule has 2 aromatic carbocycles. The van der Waals surface area contributed by atoms with Crippen molar-refractivity contribution in [1.29, 1.82) is 0 Å². The van der Waals surface area contributed by atoms with Crippen molar-refractivity contribution in [2.45, 2.75) is 52.6 Å². The molecule has 0 aromatic heterocycles. The third kappa shape index (κ3) is 6.93. The number of aryl methyl sites for hydroxylation is 2. The Morgan fingerprint density at radius 3 is 2.24 bits per heavy atom. The summed E-state index contributed by atoms with van der Waals surface area (Å²) in [6.07, 6.45) is 1.88. The van der Waals surface area contributed by atoms with Crippen LogP contribution in [0, 0.1) is 6.92 Å². The van der Waals surface area contributed by atoms with Gasteiger partial charge in [0.15, 0.2) is 0 Å². The molecule has 156 valence electrons. The number of amides is 2. The first-order chi connectivity index (χ1) is 13.9. The van der Waals surface area contributed by atoms with Crippen LogP contribution in [0.15, 0.2) is 48.5 Å². The number of benzene rings is 2. The van der Waals surface area contributed by atoms with E-state index in [0.717, 1.165) is 23.3 Å². The van der Waals surface area contributed by atoms with E-state index in [0.29, 0.717) is 25.9 Å². The second kappa shape index (κ2) is 11.2. The number of methoxy groups -OCH3 is 1. The van der Waals surface area contributed by atoms with Crippen molar-refractivity contribution in [3.63, 3.8) is 0 Å². The van der Waals surface area contributed by atoms with Crippen molar-refractivity contribution in [2.75, 3.05) is 13.7 Å². The summed E-state index contributed by atoms with van der Waals surface area (Å²) in [6, 6.07) is 15.3. The van der Waals surface area contributed by atoms with Gasteiger partial charge in [-0.25, -0.2) is 0 Å². The van der Waals surface area contributed by atoms with Gasteiger partial charge in [0, 0.05) is 19.5 Å². The lowest BCUT2D eigenvalue weighted by Crippen LogP contribution is -2.47. The number of hydrogen-bond donors (Lipinski definition) is 1. The van der Waals surface area contributed by atoms with Crippen molar-refractivity contribution in [2.24, 2.45) is 0 Å². The first kappa shape index (κ1) is 22.5. The highest BCUT2D eigenvalue weighted by Gasteiger charge is 2.25. The maximum Gasteiger partial charge on any atom is 0.242 e. The number of rotatable bonds is 10. The molecule has 5 heteroatoms. The van der Waals surface area contributed by atoms with Gasteiger partial charge in [0.25, 0.3) is 0 Å². The Labute approximate surface area is 174 Å². The van der Waals surface area contributed by atoms with Crippen LogP contribution in [0.3, 0.4) is 0 Å². The molecule has 2 aromatic rings. The first-order valence-corrected chi connectivity index (χ1v) is 10.2. The van der Waals surface area contributed by atoms with E-state index in [4.69, 9.17) is 4.74 Å². The quantitative estimate of drug-likeness (QED) is 0.663. The van der Waals surface area contributed by atoms with Crippen LogP contribution in [0.5, 0.6) is 5.75 Å². The summed E-state index contributed by atoms with van der Waals surface area (Å²) in [5.74, 6) is 0.615. The predicted molar refractivity (Wildman–Crippen MR) is 116 cm³/mol. The molecule has 0 saturated carbocycles. The summed E-state index contributed by atoms with van der Waals surface area (Å²) in [4.78, 5) is 27.2. The number of nitrogens with zero attached hydrogens (tertiary/aromatic N) is 1. The van der Waals surface area contributed by atoms with Gasteiger partial charge in [0.05, 0.1) is 7.11 Å². The van der Waals surface area contributed by atoms with E-state index in [2.05, 4.69) is 17.4 Å². The maximum atomic E-state index is 13.1. The van der Waals surface area contributed by atoms with Crippen LogP contribution in [-0.4, -0.2) is 36.4 Å². The number of carbonyl (C=O) groups excluding carboxylic acids is 2. The summed E-state index contributed by atoms with van der Waals surface area (Å²) < 4.78 is 5.20. The van der Waals surface area contributed by atoms with Gasteiger partial charge in [0.2, 0.25) is 11.8 Å². The molecule has 1 N–H and O–H groups in total. The van der Waals surface area contributed by atoms with Crippen LogP contribution < -0.4 is 10.1 Å². The molecule has 0 aliphatic carbocycles. The molecule has 0 heterocycles. The Hall–Kier alpha value is -2.82. The van der Waals surface area contributed by atoms with Crippen LogP contribution in [0.25, 0.3) is 0 Å². The molecule has 0 fully saturated rings. The van der Waals surface area contributed by atoms with Gasteiger partial charge in [-0.3, -0.25) is 9.59 Å². The van der Waals surface area contributed by atoms with Crippen molar-refractivity contribution >= 4 is 11.8 Å². The fourth-order valence-corrected chi connectivity index (χ4v) is 3.06. The van der Waals surface area contributed by atoms with E-state index in [1.807, 2.05) is 50.2 Å². The smallest absolute Gasteiger partial charge is 0.242 e. The van der Waals surface area contributed by atoms with Gasteiger partial charge in [0.1, 0.15) is 11.8 Å². The highest BCUT2D eigenvalue weighted by atomic mass is 16.5.